The zero-order valence-electron chi connectivity index (χ0n) is 11.0. The number of aliphatic hydroxyl groups excluding tert-OH is 2. The van der Waals surface area contributed by atoms with Crippen LogP contribution in [0.15, 0.2) is 35.7 Å². The molecule has 0 spiro atoms. The van der Waals surface area contributed by atoms with Crippen LogP contribution in [0.4, 0.5) is 0 Å². The Labute approximate surface area is 120 Å². The lowest BCUT2D eigenvalue weighted by molar-refractivity contribution is -0.157. The normalized spacial score (nSPS) is 14.6. The second-order valence-electron chi connectivity index (χ2n) is 4.23. The predicted octanol–water partition coefficient (Wildman–Crippen LogP) is 2.20. The minimum absolute atomic E-state index is 0.168. The van der Waals surface area contributed by atoms with Crippen LogP contribution in [0.5, 0.6) is 0 Å². The highest BCUT2D eigenvalue weighted by Crippen LogP contribution is 2.26. The van der Waals surface area contributed by atoms with Crippen molar-refractivity contribution in [3.8, 4) is 0 Å². The molecule has 5 heteroatoms. The number of carbonyl (C=O) groups is 1. The number of aliphatic hydroxyl groups is 2. The van der Waals surface area contributed by atoms with Gasteiger partial charge >= 0.3 is 5.97 Å². The monoisotopic (exact) mass is 292 g/mol. The molecule has 0 saturated carbocycles. The SMILES string of the molecule is CCOC(=O)[C@@H](O)[C@@H](O)/C=C/c1csc2ccccc12. The smallest absolute Gasteiger partial charge is 0.338 e. The van der Waals surface area contributed by atoms with Crippen LogP contribution in [-0.2, 0) is 9.53 Å². The fourth-order valence-electron chi connectivity index (χ4n) is 1.80. The summed E-state index contributed by atoms with van der Waals surface area (Å²) in [7, 11) is 0. The third-order valence-corrected chi connectivity index (χ3v) is 3.82. The van der Waals surface area contributed by atoms with Crippen LogP contribution >= 0.6 is 11.3 Å². The van der Waals surface area contributed by atoms with Gasteiger partial charge in [0.2, 0.25) is 0 Å². The van der Waals surface area contributed by atoms with Gasteiger partial charge in [-0.15, -0.1) is 11.3 Å². The molecule has 2 rings (SSSR count). The molecule has 0 saturated heterocycles. The molecule has 4 nitrogen and oxygen atoms in total. The van der Waals surface area contributed by atoms with E-state index in [0.29, 0.717) is 0 Å². The highest BCUT2D eigenvalue weighted by molar-refractivity contribution is 7.17. The fourth-order valence-corrected chi connectivity index (χ4v) is 2.73. The Morgan fingerprint density at radius 3 is 2.90 bits per heavy atom. The molecule has 2 aromatic rings. The zero-order chi connectivity index (χ0) is 14.5. The maximum Gasteiger partial charge on any atom is 0.338 e. The maximum absolute atomic E-state index is 11.3. The number of hydrogen-bond acceptors (Lipinski definition) is 5. The van der Waals surface area contributed by atoms with E-state index < -0.39 is 18.2 Å². The first-order chi connectivity index (χ1) is 9.63. The van der Waals surface area contributed by atoms with Crippen LogP contribution in [0.3, 0.4) is 0 Å². The van der Waals surface area contributed by atoms with E-state index in [0.717, 1.165) is 15.6 Å². The Kier molecular flexibility index (Phi) is 4.89. The average Bonchev–Trinajstić information content (AvgIpc) is 2.87. The van der Waals surface area contributed by atoms with E-state index in [9.17, 15) is 15.0 Å². The molecule has 2 atom stereocenters. The molecule has 1 aromatic carbocycles. The first-order valence-electron chi connectivity index (χ1n) is 6.30. The van der Waals surface area contributed by atoms with E-state index in [4.69, 9.17) is 0 Å². The first-order valence-corrected chi connectivity index (χ1v) is 7.18. The second-order valence-corrected chi connectivity index (χ2v) is 5.15. The number of benzene rings is 1. The van der Waals surface area contributed by atoms with Crippen molar-refractivity contribution in [1.29, 1.82) is 0 Å². The van der Waals surface area contributed by atoms with Gasteiger partial charge in [0.1, 0.15) is 6.10 Å². The van der Waals surface area contributed by atoms with Crippen molar-refractivity contribution < 1.29 is 19.7 Å². The third-order valence-electron chi connectivity index (χ3n) is 2.84. The average molecular weight is 292 g/mol. The van der Waals surface area contributed by atoms with Crippen LogP contribution in [0.1, 0.15) is 12.5 Å². The van der Waals surface area contributed by atoms with Crippen molar-refractivity contribution in [2.75, 3.05) is 6.61 Å². The highest BCUT2D eigenvalue weighted by atomic mass is 32.1. The van der Waals surface area contributed by atoms with Gasteiger partial charge in [-0.3, -0.25) is 0 Å². The lowest BCUT2D eigenvalue weighted by Gasteiger charge is -2.12. The Bertz CT molecular complexity index is 617. The summed E-state index contributed by atoms with van der Waals surface area (Å²) < 4.78 is 5.80. The minimum atomic E-state index is -1.56. The van der Waals surface area contributed by atoms with E-state index >= 15 is 0 Å². The minimum Gasteiger partial charge on any atom is -0.464 e. The van der Waals surface area contributed by atoms with Gasteiger partial charge in [0, 0.05) is 4.70 Å². The molecule has 0 amide bonds. The number of carbonyl (C=O) groups excluding carboxylic acids is 1. The Morgan fingerprint density at radius 2 is 2.15 bits per heavy atom. The molecule has 0 bridgehead atoms. The number of fused-ring (bicyclic) bond motifs is 1. The van der Waals surface area contributed by atoms with Crippen molar-refractivity contribution in [3.05, 3.63) is 41.3 Å². The molecule has 0 aliphatic heterocycles. The second kappa shape index (κ2) is 6.65. The van der Waals surface area contributed by atoms with E-state index in [1.165, 1.54) is 6.08 Å². The van der Waals surface area contributed by atoms with Crippen LogP contribution in [-0.4, -0.2) is 35.0 Å². The molecule has 0 radical (unpaired) electrons. The van der Waals surface area contributed by atoms with Gasteiger partial charge in [-0.05, 0) is 29.3 Å². The molecule has 0 aliphatic rings. The molecule has 0 aliphatic carbocycles. The van der Waals surface area contributed by atoms with Crippen LogP contribution in [0.25, 0.3) is 16.2 Å². The number of thiophene rings is 1. The molecule has 1 heterocycles. The maximum atomic E-state index is 11.3. The van der Waals surface area contributed by atoms with Gasteiger partial charge in [0.05, 0.1) is 6.61 Å². The zero-order valence-corrected chi connectivity index (χ0v) is 11.8. The summed E-state index contributed by atoms with van der Waals surface area (Å²) in [6, 6.07) is 7.91. The quantitative estimate of drug-likeness (QED) is 0.829. The van der Waals surface area contributed by atoms with E-state index in [2.05, 4.69) is 4.74 Å². The van der Waals surface area contributed by atoms with Gasteiger partial charge in [0.25, 0.3) is 0 Å². The van der Waals surface area contributed by atoms with Crippen molar-refractivity contribution in [2.45, 2.75) is 19.1 Å². The number of rotatable bonds is 5. The van der Waals surface area contributed by atoms with Crippen molar-refractivity contribution in [2.24, 2.45) is 0 Å². The Morgan fingerprint density at radius 1 is 1.40 bits per heavy atom. The lowest BCUT2D eigenvalue weighted by Crippen LogP contribution is -2.34. The largest absolute Gasteiger partial charge is 0.464 e. The van der Waals surface area contributed by atoms with Crippen LogP contribution in [0, 0.1) is 0 Å². The predicted molar refractivity (Wildman–Crippen MR) is 79.5 cm³/mol. The van der Waals surface area contributed by atoms with E-state index in [-0.39, 0.29) is 6.61 Å². The first kappa shape index (κ1) is 14.7. The summed E-state index contributed by atoms with van der Waals surface area (Å²) in [5.74, 6) is -0.820. The molecule has 1 aromatic heterocycles. The summed E-state index contributed by atoms with van der Waals surface area (Å²) >= 11 is 1.60. The molecular formula is C15H16O4S. The molecule has 0 fully saturated rings. The summed E-state index contributed by atoms with van der Waals surface area (Å²) in [6.45, 7) is 1.81. The van der Waals surface area contributed by atoms with Crippen LogP contribution < -0.4 is 0 Å². The fraction of sp³-hybridized carbons (Fsp3) is 0.267. The summed E-state index contributed by atoms with van der Waals surface area (Å²) in [4.78, 5) is 11.3. The Balaban J connectivity index is 2.10. The van der Waals surface area contributed by atoms with Gasteiger partial charge in [-0.25, -0.2) is 4.79 Å². The standard InChI is InChI=1S/C15H16O4S/c1-2-19-15(18)14(17)12(16)8-7-10-9-20-13-6-4-3-5-11(10)13/h3-9,12,14,16-17H,2H2,1H3/b8-7+/t12-,14-/m0/s1. The van der Waals surface area contributed by atoms with Crippen LogP contribution in [0.2, 0.25) is 0 Å². The summed E-state index contributed by atoms with van der Waals surface area (Å²) in [5.41, 5.74) is 0.945. The van der Waals surface area contributed by atoms with Crippen molar-refractivity contribution >= 4 is 33.5 Å². The van der Waals surface area contributed by atoms with Crippen molar-refractivity contribution in [1.82, 2.24) is 0 Å². The number of hydrogen-bond donors (Lipinski definition) is 2. The molecular weight excluding hydrogens is 276 g/mol. The van der Waals surface area contributed by atoms with E-state index in [1.807, 2.05) is 29.6 Å². The van der Waals surface area contributed by atoms with Gasteiger partial charge in [-0.1, -0.05) is 30.4 Å². The van der Waals surface area contributed by atoms with Crippen molar-refractivity contribution in [3.63, 3.8) is 0 Å². The number of ether oxygens (including phenoxy) is 1. The Hall–Kier alpha value is -1.69. The molecule has 2 N–H and O–H groups in total. The lowest BCUT2D eigenvalue weighted by atomic mass is 10.1. The highest BCUT2D eigenvalue weighted by Gasteiger charge is 2.23. The topological polar surface area (TPSA) is 66.8 Å². The molecule has 20 heavy (non-hydrogen) atoms. The number of esters is 1. The molecule has 106 valence electrons. The molecule has 0 unspecified atom stereocenters. The summed E-state index contributed by atoms with van der Waals surface area (Å²) in [5, 5.41) is 22.4. The third kappa shape index (κ3) is 3.25. The van der Waals surface area contributed by atoms with Gasteiger partial charge in [0.15, 0.2) is 6.10 Å². The van der Waals surface area contributed by atoms with E-state index in [1.54, 1.807) is 24.3 Å². The summed E-state index contributed by atoms with van der Waals surface area (Å²) in [6.07, 6.45) is 0.256. The van der Waals surface area contributed by atoms with Gasteiger partial charge < -0.3 is 14.9 Å². The van der Waals surface area contributed by atoms with Gasteiger partial charge in [-0.2, -0.15) is 0 Å².